The summed E-state index contributed by atoms with van der Waals surface area (Å²) in [6.07, 6.45) is 0. The highest BCUT2D eigenvalue weighted by atomic mass is 35.5. The fourth-order valence-corrected chi connectivity index (χ4v) is 2.65. The fraction of sp³-hybridized carbons (Fsp3) is 0.158. The molecule has 0 fully saturated rings. The average Bonchev–Trinajstić information content (AvgIpc) is 2.62. The van der Waals surface area contributed by atoms with Crippen molar-refractivity contribution in [3.8, 4) is 5.75 Å². The summed E-state index contributed by atoms with van der Waals surface area (Å²) in [6.45, 7) is 0.730. The number of halogens is 1. The Bertz CT molecular complexity index is 951. The zero-order chi connectivity index (χ0) is 17.8. The second kappa shape index (κ2) is 7.40. The van der Waals surface area contributed by atoms with Crippen molar-refractivity contribution in [3.05, 3.63) is 75.5 Å². The summed E-state index contributed by atoms with van der Waals surface area (Å²) in [4.78, 5) is 28.8. The molecule has 0 saturated carbocycles. The van der Waals surface area contributed by atoms with Gasteiger partial charge in [0.15, 0.2) is 0 Å². The van der Waals surface area contributed by atoms with E-state index in [0.29, 0.717) is 35.0 Å². The predicted molar refractivity (Wildman–Crippen MR) is 98.5 cm³/mol. The van der Waals surface area contributed by atoms with Gasteiger partial charge in [-0.1, -0.05) is 29.8 Å². The van der Waals surface area contributed by atoms with Gasteiger partial charge in [-0.25, -0.2) is 0 Å². The number of amides is 1. The van der Waals surface area contributed by atoms with Gasteiger partial charge in [0.1, 0.15) is 12.4 Å². The number of hydrogen-bond donors (Lipinski definition) is 1. The predicted octanol–water partition coefficient (Wildman–Crippen LogP) is 3.33. The number of likely N-dealkylation sites (N-methyl/N-ethyl adjacent to an activating group) is 1. The fourth-order valence-electron chi connectivity index (χ4n) is 2.52. The Balaban J connectivity index is 1.70. The van der Waals surface area contributed by atoms with Gasteiger partial charge in [0.25, 0.3) is 5.91 Å². The molecule has 2 aromatic carbocycles. The number of rotatable bonds is 5. The van der Waals surface area contributed by atoms with Gasteiger partial charge in [0.05, 0.1) is 12.1 Å². The molecule has 0 spiro atoms. The first-order chi connectivity index (χ1) is 12.0. The molecule has 1 N–H and O–H groups in total. The molecule has 1 heterocycles. The van der Waals surface area contributed by atoms with Crippen LogP contribution in [0.5, 0.6) is 5.75 Å². The lowest BCUT2D eigenvalue weighted by atomic mass is 10.1. The molecule has 128 valence electrons. The van der Waals surface area contributed by atoms with Crippen molar-refractivity contribution in [2.75, 3.05) is 20.2 Å². The summed E-state index contributed by atoms with van der Waals surface area (Å²) in [5.74, 6) is 0.467. The average molecular weight is 357 g/mol. The van der Waals surface area contributed by atoms with Crippen LogP contribution in [0.15, 0.2) is 59.4 Å². The SMILES string of the molecule is CN(CCOc1ccc(Cl)cc1)C(=O)c1cc(=O)[nH]c2ccccc12. The number of hydrogen-bond acceptors (Lipinski definition) is 3. The maximum atomic E-state index is 12.7. The minimum atomic E-state index is -0.298. The summed E-state index contributed by atoms with van der Waals surface area (Å²) < 4.78 is 5.61. The van der Waals surface area contributed by atoms with E-state index >= 15 is 0 Å². The Morgan fingerprint density at radius 3 is 2.64 bits per heavy atom. The molecule has 6 heteroatoms. The van der Waals surface area contributed by atoms with Crippen LogP contribution in [0.25, 0.3) is 10.9 Å². The second-order valence-corrected chi connectivity index (χ2v) is 6.06. The van der Waals surface area contributed by atoms with Gasteiger partial charge in [0.2, 0.25) is 5.56 Å². The number of fused-ring (bicyclic) bond motifs is 1. The molecule has 0 bridgehead atoms. The molecule has 0 radical (unpaired) electrons. The Morgan fingerprint density at radius 1 is 1.16 bits per heavy atom. The largest absolute Gasteiger partial charge is 0.492 e. The molecule has 0 atom stereocenters. The van der Waals surface area contributed by atoms with E-state index in [1.165, 1.54) is 11.0 Å². The molecule has 3 rings (SSSR count). The van der Waals surface area contributed by atoms with E-state index in [1.54, 1.807) is 37.4 Å². The number of benzene rings is 2. The number of carbonyl (C=O) groups is 1. The van der Waals surface area contributed by atoms with Crippen LogP contribution in [-0.2, 0) is 0 Å². The molecule has 0 saturated heterocycles. The van der Waals surface area contributed by atoms with Crippen molar-refractivity contribution in [1.29, 1.82) is 0 Å². The van der Waals surface area contributed by atoms with E-state index in [4.69, 9.17) is 16.3 Å². The topological polar surface area (TPSA) is 62.4 Å². The Kier molecular flexibility index (Phi) is 5.05. The van der Waals surface area contributed by atoms with Crippen molar-refractivity contribution in [2.24, 2.45) is 0 Å². The normalized spacial score (nSPS) is 10.6. The lowest BCUT2D eigenvalue weighted by molar-refractivity contribution is 0.0775. The van der Waals surface area contributed by atoms with E-state index in [-0.39, 0.29) is 11.5 Å². The Hall–Kier alpha value is -2.79. The number of H-pyrrole nitrogens is 1. The molecule has 25 heavy (non-hydrogen) atoms. The third kappa shape index (κ3) is 4.00. The monoisotopic (exact) mass is 356 g/mol. The maximum absolute atomic E-state index is 12.7. The van der Waals surface area contributed by atoms with Crippen molar-refractivity contribution >= 4 is 28.4 Å². The first-order valence-corrected chi connectivity index (χ1v) is 8.18. The molecule has 1 aromatic heterocycles. The van der Waals surface area contributed by atoms with Crippen LogP contribution in [0.3, 0.4) is 0 Å². The highest BCUT2D eigenvalue weighted by Gasteiger charge is 2.15. The number of para-hydroxylation sites is 1. The van der Waals surface area contributed by atoms with Gasteiger partial charge >= 0.3 is 0 Å². The molecule has 0 aliphatic heterocycles. The molecule has 5 nitrogen and oxygen atoms in total. The minimum absolute atomic E-state index is 0.220. The van der Waals surface area contributed by atoms with Crippen LogP contribution in [0.4, 0.5) is 0 Å². The van der Waals surface area contributed by atoms with Crippen molar-refractivity contribution in [1.82, 2.24) is 9.88 Å². The summed E-state index contributed by atoms with van der Waals surface area (Å²) >= 11 is 5.83. The van der Waals surface area contributed by atoms with E-state index in [9.17, 15) is 9.59 Å². The standard InChI is InChI=1S/C19H17ClN2O3/c1-22(10-11-25-14-8-6-13(20)7-9-14)19(24)16-12-18(23)21-17-5-3-2-4-15(16)17/h2-9,12H,10-11H2,1H3,(H,21,23). The molecule has 1 amide bonds. The third-order valence-electron chi connectivity index (χ3n) is 3.84. The highest BCUT2D eigenvalue weighted by molar-refractivity contribution is 6.30. The number of nitrogens with zero attached hydrogens (tertiary/aromatic N) is 1. The van der Waals surface area contributed by atoms with Crippen molar-refractivity contribution in [2.45, 2.75) is 0 Å². The number of ether oxygens (including phenoxy) is 1. The first-order valence-electron chi connectivity index (χ1n) is 7.80. The number of aromatic amines is 1. The number of aromatic nitrogens is 1. The highest BCUT2D eigenvalue weighted by Crippen LogP contribution is 2.17. The third-order valence-corrected chi connectivity index (χ3v) is 4.09. The smallest absolute Gasteiger partial charge is 0.254 e. The van der Waals surface area contributed by atoms with Crippen LogP contribution in [0.2, 0.25) is 5.02 Å². The van der Waals surface area contributed by atoms with Crippen LogP contribution >= 0.6 is 11.6 Å². The zero-order valence-corrected chi connectivity index (χ0v) is 14.4. The van der Waals surface area contributed by atoms with Crippen LogP contribution < -0.4 is 10.3 Å². The van der Waals surface area contributed by atoms with Gasteiger partial charge in [-0.15, -0.1) is 0 Å². The van der Waals surface area contributed by atoms with Gasteiger partial charge < -0.3 is 14.6 Å². The van der Waals surface area contributed by atoms with Gasteiger partial charge in [-0.2, -0.15) is 0 Å². The maximum Gasteiger partial charge on any atom is 0.254 e. The Morgan fingerprint density at radius 2 is 1.88 bits per heavy atom. The summed E-state index contributed by atoms with van der Waals surface area (Å²) in [5, 5.41) is 1.36. The van der Waals surface area contributed by atoms with Crippen LogP contribution in [-0.4, -0.2) is 36.0 Å². The Labute approximate surface area is 149 Å². The number of nitrogens with one attached hydrogen (secondary N) is 1. The molecule has 0 aliphatic rings. The molecule has 3 aromatic rings. The molecule has 0 unspecified atom stereocenters. The summed E-state index contributed by atoms with van der Waals surface area (Å²) in [7, 11) is 1.68. The summed E-state index contributed by atoms with van der Waals surface area (Å²) in [5.41, 5.74) is 0.727. The van der Waals surface area contributed by atoms with Crippen LogP contribution in [0.1, 0.15) is 10.4 Å². The minimum Gasteiger partial charge on any atom is -0.492 e. The second-order valence-electron chi connectivity index (χ2n) is 5.62. The van der Waals surface area contributed by atoms with E-state index in [1.807, 2.05) is 18.2 Å². The lowest BCUT2D eigenvalue weighted by Gasteiger charge is -2.18. The lowest BCUT2D eigenvalue weighted by Crippen LogP contribution is -2.31. The summed E-state index contributed by atoms with van der Waals surface area (Å²) in [6, 6.07) is 15.6. The number of carbonyl (C=O) groups excluding carboxylic acids is 1. The zero-order valence-electron chi connectivity index (χ0n) is 13.7. The van der Waals surface area contributed by atoms with Crippen molar-refractivity contribution < 1.29 is 9.53 Å². The van der Waals surface area contributed by atoms with Gasteiger partial charge in [-0.05, 0) is 30.3 Å². The van der Waals surface area contributed by atoms with Crippen molar-refractivity contribution in [3.63, 3.8) is 0 Å². The van der Waals surface area contributed by atoms with E-state index < -0.39 is 0 Å². The molecular formula is C19H17ClN2O3. The van der Waals surface area contributed by atoms with Gasteiger partial charge in [0, 0.05) is 29.0 Å². The quantitative estimate of drug-likeness (QED) is 0.762. The molecule has 0 aliphatic carbocycles. The van der Waals surface area contributed by atoms with Gasteiger partial charge in [-0.3, -0.25) is 9.59 Å². The molecular weight excluding hydrogens is 340 g/mol. The first kappa shape index (κ1) is 17.0. The number of pyridine rings is 1. The van der Waals surface area contributed by atoms with Crippen LogP contribution in [0, 0.1) is 0 Å². The van der Waals surface area contributed by atoms with E-state index in [0.717, 1.165) is 5.39 Å². The van der Waals surface area contributed by atoms with E-state index in [2.05, 4.69) is 4.98 Å².